The molecule has 198 valence electrons. The predicted molar refractivity (Wildman–Crippen MR) is 153 cm³/mol. The number of anilines is 3. The molecular weight excluding hydrogens is 536 g/mol. The maximum Gasteiger partial charge on any atom is 0.223 e. The number of para-hydroxylation sites is 1. The Morgan fingerprint density at radius 1 is 0.923 bits per heavy atom. The molecule has 0 amide bonds. The van der Waals surface area contributed by atoms with Crippen molar-refractivity contribution in [1.29, 1.82) is 0 Å². The van der Waals surface area contributed by atoms with Crippen LogP contribution < -0.4 is 15.5 Å². The number of benzene rings is 2. The fourth-order valence-electron chi connectivity index (χ4n) is 4.44. The first-order valence-corrected chi connectivity index (χ1v) is 14.3. The Balaban J connectivity index is 1.07. The standard InChI is InChI=1S/C26H24N8O3S2/c35-39(36,17-31-25-27-10-3-11-28-25)19-8-6-18(7-9-19)32-26(38)34-14-12-33(13-15-34)24-23-22(29-16-30-24)20-4-1-2-5-21(20)37-23/h1-11,16H,12-15,17H2,(H,32,38)(H,27,28,31). The topological polar surface area (TPSA) is 129 Å². The van der Waals surface area contributed by atoms with Crippen molar-refractivity contribution < 1.29 is 12.8 Å². The maximum absolute atomic E-state index is 12.7. The van der Waals surface area contributed by atoms with E-state index in [1.807, 2.05) is 24.3 Å². The minimum absolute atomic E-state index is 0.192. The van der Waals surface area contributed by atoms with E-state index in [-0.39, 0.29) is 16.7 Å². The Morgan fingerprint density at radius 3 is 2.44 bits per heavy atom. The molecule has 0 radical (unpaired) electrons. The van der Waals surface area contributed by atoms with Crippen molar-refractivity contribution in [2.24, 2.45) is 0 Å². The van der Waals surface area contributed by atoms with E-state index >= 15 is 0 Å². The van der Waals surface area contributed by atoms with E-state index in [0.717, 1.165) is 22.3 Å². The second-order valence-electron chi connectivity index (χ2n) is 8.91. The van der Waals surface area contributed by atoms with Crippen LogP contribution in [0, 0.1) is 0 Å². The van der Waals surface area contributed by atoms with E-state index in [2.05, 4.69) is 40.4 Å². The quantitative estimate of drug-likeness (QED) is 0.295. The molecule has 39 heavy (non-hydrogen) atoms. The van der Waals surface area contributed by atoms with Crippen LogP contribution in [0.15, 0.2) is 82.6 Å². The highest BCUT2D eigenvalue weighted by atomic mass is 32.2. The van der Waals surface area contributed by atoms with Crippen molar-refractivity contribution in [3.63, 3.8) is 0 Å². The van der Waals surface area contributed by atoms with Crippen LogP contribution in [0.3, 0.4) is 0 Å². The molecular formula is C26H24N8O3S2. The highest BCUT2D eigenvalue weighted by molar-refractivity contribution is 7.91. The van der Waals surface area contributed by atoms with E-state index in [9.17, 15) is 8.42 Å². The van der Waals surface area contributed by atoms with Gasteiger partial charge in [0.25, 0.3) is 0 Å². The lowest BCUT2D eigenvalue weighted by atomic mass is 10.2. The SMILES string of the molecule is O=S(=O)(CNc1ncccn1)c1ccc(NC(=S)N2CCN(c3ncnc4c3oc3ccccc34)CC2)cc1. The third-order valence-corrected chi connectivity index (χ3v) is 8.33. The summed E-state index contributed by atoms with van der Waals surface area (Å²) in [5, 5.41) is 7.49. The number of hydrogen-bond acceptors (Lipinski definition) is 10. The Labute approximate surface area is 229 Å². The van der Waals surface area contributed by atoms with Crippen molar-refractivity contribution in [3.8, 4) is 0 Å². The minimum Gasteiger partial charge on any atom is -0.450 e. The summed E-state index contributed by atoms with van der Waals surface area (Å²) in [6.07, 6.45) is 4.66. The number of sulfone groups is 1. The van der Waals surface area contributed by atoms with E-state index in [4.69, 9.17) is 16.6 Å². The summed E-state index contributed by atoms with van der Waals surface area (Å²) in [5.41, 5.74) is 3.00. The zero-order valence-electron chi connectivity index (χ0n) is 20.7. The molecule has 4 heterocycles. The van der Waals surface area contributed by atoms with E-state index in [1.54, 1.807) is 49.1 Å². The highest BCUT2D eigenvalue weighted by Crippen LogP contribution is 2.32. The molecule has 1 aliphatic heterocycles. The summed E-state index contributed by atoms with van der Waals surface area (Å²) in [4.78, 5) is 21.4. The van der Waals surface area contributed by atoms with Gasteiger partial charge in [-0.05, 0) is 54.7 Å². The second kappa shape index (κ2) is 10.4. The van der Waals surface area contributed by atoms with E-state index in [1.165, 1.54) is 0 Å². The molecule has 1 fully saturated rings. The molecule has 0 unspecified atom stereocenters. The van der Waals surface area contributed by atoms with Gasteiger partial charge in [0.2, 0.25) is 5.95 Å². The van der Waals surface area contributed by atoms with Crippen LogP contribution in [0.1, 0.15) is 0 Å². The molecule has 11 nitrogen and oxygen atoms in total. The minimum atomic E-state index is -3.57. The van der Waals surface area contributed by atoms with Crippen molar-refractivity contribution in [3.05, 3.63) is 73.3 Å². The Kier molecular flexibility index (Phi) is 6.67. The normalized spacial score (nSPS) is 14.1. The molecule has 0 bridgehead atoms. The summed E-state index contributed by atoms with van der Waals surface area (Å²) < 4.78 is 31.4. The third-order valence-electron chi connectivity index (χ3n) is 6.46. The highest BCUT2D eigenvalue weighted by Gasteiger charge is 2.24. The van der Waals surface area contributed by atoms with Crippen LogP contribution in [0.25, 0.3) is 22.1 Å². The fourth-order valence-corrected chi connectivity index (χ4v) is 5.78. The number of piperazine rings is 1. The second-order valence-corrected chi connectivity index (χ2v) is 11.3. The first kappa shape index (κ1) is 24.9. The molecule has 3 aromatic heterocycles. The van der Waals surface area contributed by atoms with Crippen LogP contribution in [-0.2, 0) is 9.84 Å². The fraction of sp³-hybridized carbons (Fsp3) is 0.192. The molecule has 2 aromatic carbocycles. The molecule has 0 atom stereocenters. The van der Waals surface area contributed by atoms with Crippen LogP contribution in [0.5, 0.6) is 0 Å². The molecule has 0 aliphatic carbocycles. The lowest BCUT2D eigenvalue weighted by Crippen LogP contribution is -2.50. The summed E-state index contributed by atoms with van der Waals surface area (Å²) in [6.45, 7) is 2.80. The van der Waals surface area contributed by atoms with Crippen LogP contribution in [-0.4, -0.2) is 70.4 Å². The molecule has 1 aliphatic rings. The van der Waals surface area contributed by atoms with Gasteiger partial charge >= 0.3 is 0 Å². The van der Waals surface area contributed by atoms with Gasteiger partial charge in [-0.3, -0.25) is 0 Å². The van der Waals surface area contributed by atoms with Gasteiger partial charge in [0.05, 0.1) is 4.90 Å². The lowest BCUT2D eigenvalue weighted by molar-refractivity contribution is 0.389. The van der Waals surface area contributed by atoms with Crippen molar-refractivity contribution >= 4 is 66.7 Å². The molecule has 13 heteroatoms. The van der Waals surface area contributed by atoms with Gasteiger partial charge in [-0.15, -0.1) is 0 Å². The number of nitrogens with zero attached hydrogens (tertiary/aromatic N) is 6. The average Bonchev–Trinajstić information content (AvgIpc) is 3.36. The number of fused-ring (bicyclic) bond motifs is 3. The smallest absolute Gasteiger partial charge is 0.223 e. The molecule has 1 saturated heterocycles. The van der Waals surface area contributed by atoms with Crippen LogP contribution in [0.4, 0.5) is 17.5 Å². The van der Waals surface area contributed by atoms with Crippen molar-refractivity contribution in [1.82, 2.24) is 24.8 Å². The molecule has 0 spiro atoms. The zero-order chi connectivity index (χ0) is 26.8. The van der Waals surface area contributed by atoms with Gasteiger partial charge in [-0.1, -0.05) is 12.1 Å². The number of furan rings is 1. The first-order valence-electron chi connectivity index (χ1n) is 12.2. The van der Waals surface area contributed by atoms with Gasteiger partial charge in [-0.2, -0.15) is 0 Å². The summed E-state index contributed by atoms with van der Waals surface area (Å²) in [6, 6.07) is 16.0. The van der Waals surface area contributed by atoms with E-state index in [0.29, 0.717) is 42.6 Å². The van der Waals surface area contributed by atoms with Gasteiger partial charge in [0.1, 0.15) is 23.3 Å². The van der Waals surface area contributed by atoms with Gasteiger partial charge in [0, 0.05) is 49.6 Å². The predicted octanol–water partition coefficient (Wildman–Crippen LogP) is 3.53. The number of hydrogen-bond donors (Lipinski definition) is 2. The van der Waals surface area contributed by atoms with Crippen LogP contribution in [0.2, 0.25) is 0 Å². The first-order chi connectivity index (χ1) is 19.0. The molecule has 5 aromatic rings. The molecule has 0 saturated carbocycles. The Hall–Kier alpha value is -4.36. The monoisotopic (exact) mass is 560 g/mol. The Morgan fingerprint density at radius 2 is 1.67 bits per heavy atom. The lowest BCUT2D eigenvalue weighted by Gasteiger charge is -2.36. The Bertz CT molecular complexity index is 1740. The number of nitrogens with one attached hydrogen (secondary N) is 2. The maximum atomic E-state index is 12.7. The van der Waals surface area contributed by atoms with Gasteiger partial charge in [0.15, 0.2) is 26.4 Å². The summed E-state index contributed by atoms with van der Waals surface area (Å²) in [5.74, 6) is 0.727. The zero-order valence-corrected chi connectivity index (χ0v) is 22.3. The molecule has 2 N–H and O–H groups in total. The number of rotatable bonds is 6. The third kappa shape index (κ3) is 5.18. The summed E-state index contributed by atoms with van der Waals surface area (Å²) >= 11 is 5.64. The number of thiocarbonyl (C=S) groups is 1. The number of aromatic nitrogens is 4. The van der Waals surface area contributed by atoms with Gasteiger partial charge < -0.3 is 24.9 Å². The largest absolute Gasteiger partial charge is 0.450 e. The summed E-state index contributed by atoms with van der Waals surface area (Å²) in [7, 11) is -3.57. The van der Waals surface area contributed by atoms with Gasteiger partial charge in [-0.25, -0.2) is 28.4 Å². The van der Waals surface area contributed by atoms with Crippen molar-refractivity contribution in [2.75, 3.05) is 47.6 Å². The average molecular weight is 561 g/mol. The van der Waals surface area contributed by atoms with E-state index < -0.39 is 9.84 Å². The molecule has 6 rings (SSSR count). The van der Waals surface area contributed by atoms with Crippen molar-refractivity contribution in [2.45, 2.75) is 4.90 Å². The van der Waals surface area contributed by atoms with Crippen LogP contribution >= 0.6 is 12.2 Å².